The summed E-state index contributed by atoms with van der Waals surface area (Å²) < 4.78 is 0. The Morgan fingerprint density at radius 3 is 2.61 bits per heavy atom. The molecule has 1 aliphatic heterocycles. The minimum atomic E-state index is -0.0709. The number of nitrogens with zero attached hydrogens (tertiary/aromatic N) is 4. The number of carbonyl (C=O) groups excluding carboxylic acids is 1. The molecule has 0 unspecified atom stereocenters. The number of hydrogen-bond donors (Lipinski definition) is 1. The van der Waals surface area contributed by atoms with Crippen LogP contribution >= 0.6 is 0 Å². The molecule has 18 heavy (non-hydrogen) atoms. The van der Waals surface area contributed by atoms with Crippen molar-refractivity contribution >= 4 is 5.91 Å². The van der Waals surface area contributed by atoms with Crippen LogP contribution in [-0.2, 0) is 0 Å². The van der Waals surface area contributed by atoms with Gasteiger partial charge in [-0.15, -0.1) is 0 Å². The zero-order valence-electron chi connectivity index (χ0n) is 10.7. The highest BCUT2D eigenvalue weighted by atomic mass is 16.3. The molecule has 1 aliphatic rings. The average Bonchev–Trinajstić information content (AvgIpc) is 2.83. The molecule has 1 amide bonds. The normalized spacial score (nSPS) is 23.7. The van der Waals surface area contributed by atoms with Crippen LogP contribution in [0.1, 0.15) is 10.4 Å². The van der Waals surface area contributed by atoms with E-state index in [4.69, 9.17) is 0 Å². The Morgan fingerprint density at radius 2 is 2.11 bits per heavy atom. The van der Waals surface area contributed by atoms with Crippen molar-refractivity contribution in [2.24, 2.45) is 5.92 Å². The Morgan fingerprint density at radius 1 is 1.44 bits per heavy atom. The molecule has 1 aromatic rings. The van der Waals surface area contributed by atoms with Gasteiger partial charge in [-0.1, -0.05) is 0 Å². The number of aliphatic hydroxyl groups is 1. The molecule has 2 rings (SSSR count). The monoisotopic (exact) mass is 250 g/mol. The van der Waals surface area contributed by atoms with E-state index in [0.29, 0.717) is 18.7 Å². The summed E-state index contributed by atoms with van der Waals surface area (Å²) in [6.07, 6.45) is 4.44. The van der Waals surface area contributed by atoms with Crippen molar-refractivity contribution in [3.63, 3.8) is 0 Å². The minimum absolute atomic E-state index is 0.0709. The summed E-state index contributed by atoms with van der Waals surface area (Å²) in [5, 5.41) is 9.37. The lowest BCUT2D eigenvalue weighted by molar-refractivity contribution is 0.0778. The average molecular weight is 250 g/mol. The number of aromatic nitrogens is 2. The van der Waals surface area contributed by atoms with Gasteiger partial charge in [0.2, 0.25) is 0 Å². The molecular weight excluding hydrogens is 232 g/mol. The van der Waals surface area contributed by atoms with Crippen molar-refractivity contribution in [3.05, 3.63) is 24.3 Å². The number of hydrogen-bond acceptors (Lipinski definition) is 5. The van der Waals surface area contributed by atoms with Crippen molar-refractivity contribution in [3.8, 4) is 0 Å². The number of amides is 1. The van der Waals surface area contributed by atoms with Gasteiger partial charge in [-0.2, -0.15) is 0 Å². The van der Waals surface area contributed by atoms with E-state index in [9.17, 15) is 9.90 Å². The zero-order valence-corrected chi connectivity index (χ0v) is 10.7. The number of carbonyl (C=O) groups is 1. The van der Waals surface area contributed by atoms with E-state index >= 15 is 0 Å². The summed E-state index contributed by atoms with van der Waals surface area (Å²) in [5.41, 5.74) is 0.494. The largest absolute Gasteiger partial charge is 0.396 e. The van der Waals surface area contributed by atoms with Gasteiger partial charge >= 0.3 is 0 Å². The van der Waals surface area contributed by atoms with Gasteiger partial charge in [0.1, 0.15) is 6.33 Å². The molecule has 0 aliphatic carbocycles. The van der Waals surface area contributed by atoms with Gasteiger partial charge in [-0.25, -0.2) is 9.97 Å². The van der Waals surface area contributed by atoms with Crippen molar-refractivity contribution in [1.29, 1.82) is 0 Å². The van der Waals surface area contributed by atoms with E-state index in [-0.39, 0.29) is 24.5 Å². The first kappa shape index (κ1) is 12.9. The molecule has 0 radical (unpaired) electrons. The molecule has 1 saturated heterocycles. The number of rotatable bonds is 3. The summed E-state index contributed by atoms with van der Waals surface area (Å²) in [4.78, 5) is 23.7. The van der Waals surface area contributed by atoms with E-state index < -0.39 is 0 Å². The maximum absolute atomic E-state index is 12.2. The highest BCUT2D eigenvalue weighted by Gasteiger charge is 2.36. The molecule has 0 spiro atoms. The second kappa shape index (κ2) is 5.41. The molecule has 0 aromatic carbocycles. The zero-order chi connectivity index (χ0) is 13.1. The van der Waals surface area contributed by atoms with Crippen LogP contribution in [0.25, 0.3) is 0 Å². The van der Waals surface area contributed by atoms with Crippen LogP contribution in [-0.4, -0.2) is 70.6 Å². The lowest BCUT2D eigenvalue weighted by Crippen LogP contribution is -2.37. The summed E-state index contributed by atoms with van der Waals surface area (Å²) in [6.45, 7) is 1.30. The van der Waals surface area contributed by atoms with E-state index in [0.717, 1.165) is 0 Å². The molecule has 1 aromatic heterocycles. The summed E-state index contributed by atoms with van der Waals surface area (Å²) in [7, 11) is 3.93. The Bertz CT molecular complexity index is 410. The van der Waals surface area contributed by atoms with Crippen LogP contribution in [0.15, 0.2) is 18.7 Å². The fraction of sp³-hybridized carbons (Fsp3) is 0.583. The van der Waals surface area contributed by atoms with Gasteiger partial charge in [0.25, 0.3) is 5.91 Å². The van der Waals surface area contributed by atoms with Crippen molar-refractivity contribution < 1.29 is 9.90 Å². The Balaban J connectivity index is 2.10. The Labute approximate surface area is 106 Å². The second-order valence-electron chi connectivity index (χ2n) is 4.81. The fourth-order valence-corrected chi connectivity index (χ4v) is 2.38. The standard InChI is InChI=1S/C12H18N4O2/c1-15(2)11-6-16(5-10(11)7-17)12(18)9-3-13-8-14-4-9/h3-4,8,10-11,17H,5-7H2,1-2H3/t10-,11+/m0/s1. The van der Waals surface area contributed by atoms with Crippen LogP contribution in [0.2, 0.25) is 0 Å². The fourth-order valence-electron chi connectivity index (χ4n) is 2.38. The second-order valence-corrected chi connectivity index (χ2v) is 4.81. The molecule has 6 nitrogen and oxygen atoms in total. The quantitative estimate of drug-likeness (QED) is 0.781. The molecule has 6 heteroatoms. The van der Waals surface area contributed by atoms with Gasteiger partial charge < -0.3 is 14.9 Å². The smallest absolute Gasteiger partial charge is 0.257 e. The maximum atomic E-state index is 12.2. The van der Waals surface area contributed by atoms with Gasteiger partial charge in [-0.05, 0) is 14.1 Å². The predicted octanol–water partition coefficient (Wildman–Crippen LogP) is -0.529. The lowest BCUT2D eigenvalue weighted by atomic mass is 10.0. The van der Waals surface area contributed by atoms with Crippen molar-refractivity contribution in [1.82, 2.24) is 19.8 Å². The topological polar surface area (TPSA) is 69.6 Å². The number of likely N-dealkylation sites (N-methyl/N-ethyl adjacent to an activating group) is 1. The molecule has 2 heterocycles. The molecule has 1 N–H and O–H groups in total. The SMILES string of the molecule is CN(C)[C@@H]1CN(C(=O)c2cncnc2)C[C@H]1CO. The third-order valence-corrected chi connectivity index (χ3v) is 3.40. The summed E-state index contributed by atoms with van der Waals surface area (Å²) in [6, 6.07) is 0.198. The molecular formula is C12H18N4O2. The van der Waals surface area contributed by atoms with E-state index in [2.05, 4.69) is 14.9 Å². The van der Waals surface area contributed by atoms with Crippen molar-refractivity contribution in [2.75, 3.05) is 33.8 Å². The van der Waals surface area contributed by atoms with E-state index in [1.165, 1.54) is 18.7 Å². The Kier molecular flexibility index (Phi) is 3.88. The summed E-state index contributed by atoms with van der Waals surface area (Å²) in [5.74, 6) is 0.0342. The first-order valence-corrected chi connectivity index (χ1v) is 5.95. The Hall–Kier alpha value is -1.53. The molecule has 0 saturated carbocycles. The molecule has 0 bridgehead atoms. The third kappa shape index (κ3) is 2.49. The van der Waals surface area contributed by atoms with Crippen LogP contribution in [0, 0.1) is 5.92 Å². The predicted molar refractivity (Wildman–Crippen MR) is 66.0 cm³/mol. The first-order chi connectivity index (χ1) is 8.63. The minimum Gasteiger partial charge on any atom is -0.396 e. The maximum Gasteiger partial charge on any atom is 0.257 e. The van der Waals surface area contributed by atoms with Crippen LogP contribution in [0.4, 0.5) is 0 Å². The number of likely N-dealkylation sites (tertiary alicyclic amines) is 1. The highest BCUT2D eigenvalue weighted by molar-refractivity contribution is 5.93. The van der Waals surface area contributed by atoms with Gasteiger partial charge in [0.15, 0.2) is 0 Å². The summed E-state index contributed by atoms with van der Waals surface area (Å²) >= 11 is 0. The van der Waals surface area contributed by atoms with Gasteiger partial charge in [-0.3, -0.25) is 4.79 Å². The molecule has 98 valence electrons. The number of aliphatic hydroxyl groups excluding tert-OH is 1. The van der Waals surface area contributed by atoms with Gasteiger partial charge in [0.05, 0.1) is 5.56 Å². The van der Waals surface area contributed by atoms with Gasteiger partial charge in [0, 0.05) is 44.0 Å². The van der Waals surface area contributed by atoms with E-state index in [1.54, 1.807) is 4.90 Å². The van der Waals surface area contributed by atoms with E-state index in [1.807, 2.05) is 14.1 Å². The van der Waals surface area contributed by atoms with Crippen LogP contribution < -0.4 is 0 Å². The molecule has 1 fully saturated rings. The first-order valence-electron chi connectivity index (χ1n) is 5.95. The molecule has 2 atom stereocenters. The van der Waals surface area contributed by atoms with Crippen LogP contribution in [0.5, 0.6) is 0 Å². The van der Waals surface area contributed by atoms with Crippen LogP contribution in [0.3, 0.4) is 0 Å². The third-order valence-electron chi connectivity index (χ3n) is 3.40. The van der Waals surface area contributed by atoms with Crippen molar-refractivity contribution in [2.45, 2.75) is 6.04 Å². The highest BCUT2D eigenvalue weighted by Crippen LogP contribution is 2.21. The lowest BCUT2D eigenvalue weighted by Gasteiger charge is -2.23.